The molecule has 104 valence electrons. The maximum atomic E-state index is 11.8. The Hall–Kier alpha value is -0.480. The number of nitrogens with one attached hydrogen (secondary N) is 2. The molecule has 0 aromatic carbocycles. The van der Waals surface area contributed by atoms with Gasteiger partial charge in [-0.2, -0.15) is 0 Å². The molecule has 0 aliphatic carbocycles. The molecule has 18 heavy (non-hydrogen) atoms. The van der Waals surface area contributed by atoms with Crippen LogP contribution in [0.5, 0.6) is 0 Å². The highest BCUT2D eigenvalue weighted by molar-refractivity contribution is 7.92. The van der Waals surface area contributed by atoms with E-state index in [0.717, 1.165) is 11.3 Å². The Morgan fingerprint density at radius 2 is 1.89 bits per heavy atom. The monoisotopic (exact) mass is 312 g/mol. The van der Waals surface area contributed by atoms with Gasteiger partial charge in [0.15, 0.2) is 0 Å². The fraction of sp³-hybridized carbons (Fsp3) is 0.556. The smallest absolute Gasteiger partial charge is 0.218 e. The first-order chi connectivity index (χ1) is 8.30. The third-order valence-corrected chi connectivity index (χ3v) is 6.77. The lowest BCUT2D eigenvalue weighted by Crippen LogP contribution is -2.32. The van der Waals surface area contributed by atoms with Gasteiger partial charge >= 0.3 is 0 Å². The van der Waals surface area contributed by atoms with Gasteiger partial charge in [0.2, 0.25) is 20.0 Å². The predicted molar refractivity (Wildman–Crippen MR) is 71.7 cm³/mol. The van der Waals surface area contributed by atoms with Crippen LogP contribution < -0.4 is 9.44 Å². The third-order valence-electron chi connectivity index (χ3n) is 2.22. The highest BCUT2D eigenvalue weighted by Gasteiger charge is 2.17. The fourth-order valence-corrected chi connectivity index (χ4v) is 4.25. The summed E-state index contributed by atoms with van der Waals surface area (Å²) in [5.74, 6) is -0.283. The third kappa shape index (κ3) is 4.32. The Labute approximate surface area is 112 Å². The summed E-state index contributed by atoms with van der Waals surface area (Å²) in [6, 6.07) is 3.28. The molecule has 1 aromatic rings. The van der Waals surface area contributed by atoms with Crippen molar-refractivity contribution in [2.75, 3.05) is 19.3 Å². The Kier molecular flexibility index (Phi) is 5.29. The van der Waals surface area contributed by atoms with Gasteiger partial charge < -0.3 is 0 Å². The van der Waals surface area contributed by atoms with E-state index in [1.807, 2.05) is 6.92 Å². The second-order valence-electron chi connectivity index (χ2n) is 3.50. The zero-order valence-electron chi connectivity index (χ0n) is 10.1. The molecule has 0 saturated carbocycles. The van der Waals surface area contributed by atoms with Crippen molar-refractivity contribution in [3.63, 3.8) is 0 Å². The Morgan fingerprint density at radius 3 is 2.39 bits per heavy atom. The van der Waals surface area contributed by atoms with Crippen molar-refractivity contribution in [1.29, 1.82) is 0 Å². The highest BCUT2D eigenvalue weighted by atomic mass is 32.2. The summed E-state index contributed by atoms with van der Waals surface area (Å²) < 4.78 is 50.5. The van der Waals surface area contributed by atoms with Crippen LogP contribution in [0.2, 0.25) is 0 Å². The SMILES string of the molecule is CCc1ccc(S(=O)(=O)NCCS(=O)(=O)NC)s1. The number of hydrogen-bond acceptors (Lipinski definition) is 5. The molecule has 1 aromatic heterocycles. The Balaban J connectivity index is 2.66. The molecular weight excluding hydrogens is 296 g/mol. The van der Waals surface area contributed by atoms with E-state index in [-0.39, 0.29) is 16.5 Å². The van der Waals surface area contributed by atoms with Crippen molar-refractivity contribution in [2.24, 2.45) is 0 Å². The summed E-state index contributed by atoms with van der Waals surface area (Å²) in [7, 11) is -5.71. The minimum absolute atomic E-state index is 0.148. The van der Waals surface area contributed by atoms with Crippen LogP contribution in [0.15, 0.2) is 16.3 Å². The van der Waals surface area contributed by atoms with Crippen molar-refractivity contribution in [2.45, 2.75) is 17.6 Å². The Morgan fingerprint density at radius 1 is 1.22 bits per heavy atom. The number of sulfonamides is 2. The lowest BCUT2D eigenvalue weighted by Gasteiger charge is -2.04. The lowest BCUT2D eigenvalue weighted by molar-refractivity contribution is 0.580. The minimum atomic E-state index is -3.60. The van der Waals surface area contributed by atoms with Gasteiger partial charge in [-0.25, -0.2) is 26.3 Å². The topological polar surface area (TPSA) is 92.3 Å². The van der Waals surface area contributed by atoms with Gasteiger partial charge in [-0.3, -0.25) is 0 Å². The van der Waals surface area contributed by atoms with E-state index in [1.54, 1.807) is 6.07 Å². The van der Waals surface area contributed by atoms with E-state index >= 15 is 0 Å². The molecule has 0 amide bonds. The van der Waals surface area contributed by atoms with Crippen LogP contribution in [-0.2, 0) is 26.5 Å². The highest BCUT2D eigenvalue weighted by Crippen LogP contribution is 2.21. The van der Waals surface area contributed by atoms with Crippen molar-refractivity contribution in [3.8, 4) is 0 Å². The second-order valence-corrected chi connectivity index (χ2v) is 8.70. The maximum Gasteiger partial charge on any atom is 0.250 e. The number of aryl methyl sites for hydroxylation is 1. The van der Waals surface area contributed by atoms with Crippen LogP contribution in [-0.4, -0.2) is 36.2 Å². The van der Waals surface area contributed by atoms with Crippen LogP contribution in [0.3, 0.4) is 0 Å². The molecule has 0 radical (unpaired) electrons. The molecule has 0 aliphatic rings. The molecule has 0 saturated heterocycles. The number of hydrogen-bond donors (Lipinski definition) is 2. The summed E-state index contributed by atoms with van der Waals surface area (Å²) in [4.78, 5) is 0.971. The maximum absolute atomic E-state index is 11.8. The summed E-state index contributed by atoms with van der Waals surface area (Å²) >= 11 is 1.19. The molecule has 0 fully saturated rings. The molecule has 2 N–H and O–H groups in total. The van der Waals surface area contributed by atoms with Gasteiger partial charge in [-0.05, 0) is 25.6 Å². The molecule has 6 nitrogen and oxygen atoms in total. The zero-order chi connectivity index (χ0) is 13.8. The molecule has 0 bridgehead atoms. The number of rotatable bonds is 7. The van der Waals surface area contributed by atoms with Crippen molar-refractivity contribution < 1.29 is 16.8 Å². The molecule has 0 unspecified atom stereocenters. The predicted octanol–water partition coefficient (Wildman–Crippen LogP) is 0.138. The average Bonchev–Trinajstić information content (AvgIpc) is 2.77. The average molecular weight is 312 g/mol. The van der Waals surface area contributed by atoms with Crippen molar-refractivity contribution in [1.82, 2.24) is 9.44 Å². The Bertz CT molecular complexity index is 589. The second kappa shape index (κ2) is 6.11. The zero-order valence-corrected chi connectivity index (χ0v) is 12.6. The summed E-state index contributed by atoms with van der Waals surface area (Å²) in [5.41, 5.74) is 0. The first-order valence-corrected chi connectivity index (χ1v) is 9.25. The molecule has 1 heterocycles. The summed E-state index contributed by atoms with van der Waals surface area (Å²) in [5, 5.41) is 0. The molecule has 1 rings (SSSR count). The number of thiophene rings is 1. The van der Waals surface area contributed by atoms with E-state index in [9.17, 15) is 16.8 Å². The molecule has 0 aliphatic heterocycles. The van der Waals surface area contributed by atoms with E-state index in [2.05, 4.69) is 9.44 Å². The van der Waals surface area contributed by atoms with Crippen LogP contribution in [0.4, 0.5) is 0 Å². The van der Waals surface area contributed by atoms with Crippen molar-refractivity contribution >= 4 is 31.4 Å². The first-order valence-electron chi connectivity index (χ1n) is 5.30. The van der Waals surface area contributed by atoms with Crippen LogP contribution in [0.25, 0.3) is 0 Å². The van der Waals surface area contributed by atoms with Crippen molar-refractivity contribution in [3.05, 3.63) is 17.0 Å². The first kappa shape index (κ1) is 15.6. The van der Waals surface area contributed by atoms with Gasteiger partial charge in [0.1, 0.15) is 4.21 Å². The van der Waals surface area contributed by atoms with E-state index in [1.165, 1.54) is 24.5 Å². The molecule has 0 spiro atoms. The molecule has 0 atom stereocenters. The van der Waals surface area contributed by atoms with E-state index in [0.29, 0.717) is 0 Å². The van der Waals surface area contributed by atoms with Crippen LogP contribution >= 0.6 is 11.3 Å². The van der Waals surface area contributed by atoms with Gasteiger partial charge in [-0.1, -0.05) is 6.92 Å². The largest absolute Gasteiger partial charge is 0.250 e. The molecule has 9 heteroatoms. The van der Waals surface area contributed by atoms with E-state index in [4.69, 9.17) is 0 Å². The van der Waals surface area contributed by atoms with Gasteiger partial charge in [0.05, 0.1) is 5.75 Å². The van der Waals surface area contributed by atoms with E-state index < -0.39 is 20.0 Å². The molecular formula is C9H16N2O4S3. The standard InChI is InChI=1S/C9H16N2O4S3/c1-3-8-4-5-9(16-8)18(14,15)11-6-7-17(12,13)10-2/h4-5,10-11H,3,6-7H2,1-2H3. The van der Waals surface area contributed by atoms with Gasteiger partial charge in [0, 0.05) is 11.4 Å². The summed E-state index contributed by atoms with van der Waals surface area (Å²) in [6.07, 6.45) is 0.772. The van der Waals surface area contributed by atoms with Gasteiger partial charge in [-0.15, -0.1) is 11.3 Å². The van der Waals surface area contributed by atoms with Crippen LogP contribution in [0.1, 0.15) is 11.8 Å². The summed E-state index contributed by atoms with van der Waals surface area (Å²) in [6.45, 7) is 1.79. The minimum Gasteiger partial charge on any atom is -0.218 e. The normalized spacial score (nSPS) is 12.8. The van der Waals surface area contributed by atoms with Crippen LogP contribution in [0, 0.1) is 0 Å². The van der Waals surface area contributed by atoms with Gasteiger partial charge in [0.25, 0.3) is 0 Å². The lowest BCUT2D eigenvalue weighted by atomic mass is 10.4. The fourth-order valence-electron chi connectivity index (χ4n) is 1.18. The quantitative estimate of drug-likeness (QED) is 0.749.